The Morgan fingerprint density at radius 3 is 2.80 bits per heavy atom. The van der Waals surface area contributed by atoms with Crippen LogP contribution in [-0.2, 0) is 13.2 Å². The Balaban J connectivity index is 2.16. The second kappa shape index (κ2) is 4.75. The number of rotatable bonds is 5. The minimum atomic E-state index is 0.0258. The predicted octanol–water partition coefficient (Wildman–Crippen LogP) is 1.84. The van der Waals surface area contributed by atoms with Gasteiger partial charge in [-0.2, -0.15) is 0 Å². The Morgan fingerprint density at radius 2 is 2.27 bits per heavy atom. The lowest BCUT2D eigenvalue weighted by Gasteiger charge is -2.26. The average Bonchev–Trinajstić information content (AvgIpc) is 2.56. The molecule has 1 heterocycles. The van der Waals surface area contributed by atoms with Crippen molar-refractivity contribution in [2.75, 3.05) is 0 Å². The number of hydrogen-bond acceptors (Lipinski definition) is 3. The van der Waals surface area contributed by atoms with Crippen LogP contribution in [-0.4, -0.2) is 20.1 Å². The Hall–Kier alpha value is -0.900. The van der Waals surface area contributed by atoms with Crippen molar-refractivity contribution in [2.24, 2.45) is 0 Å². The fourth-order valence-electron chi connectivity index (χ4n) is 2.07. The highest BCUT2D eigenvalue weighted by atomic mass is 16.3. The smallest absolute Gasteiger partial charge is 0.112 e. The van der Waals surface area contributed by atoms with Gasteiger partial charge in [-0.1, -0.05) is 25.0 Å². The number of aryl methyl sites for hydroxylation is 1. The molecule has 1 aromatic heterocycles. The van der Waals surface area contributed by atoms with Crippen molar-refractivity contribution in [1.82, 2.24) is 15.0 Å². The van der Waals surface area contributed by atoms with Crippen LogP contribution in [0.25, 0.3) is 0 Å². The van der Waals surface area contributed by atoms with Crippen molar-refractivity contribution in [3.8, 4) is 0 Å². The highest BCUT2D eigenvalue weighted by Crippen LogP contribution is 2.37. The molecule has 1 aliphatic carbocycles. The van der Waals surface area contributed by atoms with Crippen LogP contribution >= 0.6 is 0 Å². The van der Waals surface area contributed by atoms with Gasteiger partial charge in [-0.3, -0.25) is 0 Å². The van der Waals surface area contributed by atoms with Crippen molar-refractivity contribution in [3.63, 3.8) is 0 Å². The summed E-state index contributed by atoms with van der Waals surface area (Å²) in [6, 6.07) is 0. The van der Waals surface area contributed by atoms with Crippen LogP contribution in [0.1, 0.15) is 56.3 Å². The van der Waals surface area contributed by atoms with Crippen molar-refractivity contribution in [2.45, 2.75) is 58.1 Å². The van der Waals surface area contributed by atoms with Gasteiger partial charge in [0, 0.05) is 12.5 Å². The highest BCUT2D eigenvalue weighted by molar-refractivity contribution is 5.17. The standard InChI is InChI=1S/C11H19N3O/c1-2-3-7-14-11(9-5-4-6-9)10(8-15)12-13-14/h9,15H,2-8H2,1H3. The highest BCUT2D eigenvalue weighted by Gasteiger charge is 2.26. The zero-order valence-corrected chi connectivity index (χ0v) is 9.32. The predicted molar refractivity (Wildman–Crippen MR) is 57.4 cm³/mol. The molecular formula is C11H19N3O. The maximum Gasteiger partial charge on any atom is 0.112 e. The number of aliphatic hydroxyl groups excluding tert-OH is 1. The van der Waals surface area contributed by atoms with Gasteiger partial charge < -0.3 is 5.11 Å². The van der Waals surface area contributed by atoms with Gasteiger partial charge in [-0.15, -0.1) is 5.10 Å². The molecule has 0 unspecified atom stereocenters. The fourth-order valence-corrected chi connectivity index (χ4v) is 2.07. The molecule has 0 amide bonds. The van der Waals surface area contributed by atoms with Crippen LogP contribution in [0.15, 0.2) is 0 Å². The minimum absolute atomic E-state index is 0.0258. The lowest BCUT2D eigenvalue weighted by atomic mass is 9.82. The van der Waals surface area contributed by atoms with E-state index >= 15 is 0 Å². The molecule has 4 heteroatoms. The van der Waals surface area contributed by atoms with Gasteiger partial charge in [0.05, 0.1) is 12.3 Å². The molecule has 1 N–H and O–H groups in total. The van der Waals surface area contributed by atoms with Gasteiger partial charge in [0.25, 0.3) is 0 Å². The monoisotopic (exact) mass is 209 g/mol. The van der Waals surface area contributed by atoms with E-state index in [-0.39, 0.29) is 6.61 Å². The van der Waals surface area contributed by atoms with Gasteiger partial charge in [0.15, 0.2) is 0 Å². The molecule has 0 aliphatic heterocycles. The molecule has 1 saturated carbocycles. The molecule has 0 aromatic carbocycles. The van der Waals surface area contributed by atoms with Crippen molar-refractivity contribution >= 4 is 0 Å². The first kappa shape index (κ1) is 10.6. The molecule has 0 radical (unpaired) electrons. The van der Waals surface area contributed by atoms with Crippen LogP contribution in [0.3, 0.4) is 0 Å². The van der Waals surface area contributed by atoms with Gasteiger partial charge in [0.2, 0.25) is 0 Å². The summed E-state index contributed by atoms with van der Waals surface area (Å²) in [5, 5.41) is 17.4. The quantitative estimate of drug-likeness (QED) is 0.805. The molecule has 0 atom stereocenters. The maximum atomic E-state index is 9.21. The Kier molecular flexibility index (Phi) is 3.36. The van der Waals surface area contributed by atoms with E-state index < -0.39 is 0 Å². The van der Waals surface area contributed by atoms with E-state index in [1.54, 1.807) is 0 Å². The summed E-state index contributed by atoms with van der Waals surface area (Å²) < 4.78 is 2.00. The number of unbranched alkanes of at least 4 members (excludes halogenated alkanes) is 1. The second-order valence-corrected chi connectivity index (χ2v) is 4.28. The summed E-state index contributed by atoms with van der Waals surface area (Å²) in [6.45, 7) is 3.14. The Labute approximate surface area is 90.3 Å². The Bertz CT molecular complexity index is 318. The van der Waals surface area contributed by atoms with E-state index in [9.17, 15) is 5.11 Å². The van der Waals surface area contributed by atoms with Crippen LogP contribution < -0.4 is 0 Å². The zero-order valence-electron chi connectivity index (χ0n) is 9.32. The minimum Gasteiger partial charge on any atom is -0.390 e. The third kappa shape index (κ3) is 2.04. The third-order valence-electron chi connectivity index (χ3n) is 3.21. The van der Waals surface area contributed by atoms with Crippen molar-refractivity contribution in [3.05, 3.63) is 11.4 Å². The fraction of sp³-hybridized carbons (Fsp3) is 0.818. The van der Waals surface area contributed by atoms with Crippen molar-refractivity contribution in [1.29, 1.82) is 0 Å². The van der Waals surface area contributed by atoms with E-state index in [0.29, 0.717) is 5.92 Å². The number of hydrogen-bond donors (Lipinski definition) is 1. The first-order valence-corrected chi connectivity index (χ1v) is 5.90. The molecular weight excluding hydrogens is 190 g/mol. The third-order valence-corrected chi connectivity index (χ3v) is 3.21. The summed E-state index contributed by atoms with van der Waals surface area (Å²) in [5.74, 6) is 0.596. The summed E-state index contributed by atoms with van der Waals surface area (Å²) in [5.41, 5.74) is 1.98. The zero-order chi connectivity index (χ0) is 10.7. The molecule has 84 valence electrons. The van der Waals surface area contributed by atoms with Crippen LogP contribution in [0, 0.1) is 0 Å². The number of aliphatic hydroxyl groups is 1. The van der Waals surface area contributed by atoms with E-state index in [2.05, 4.69) is 17.2 Å². The molecule has 2 rings (SSSR count). The van der Waals surface area contributed by atoms with Crippen LogP contribution in [0.5, 0.6) is 0 Å². The van der Waals surface area contributed by atoms with E-state index in [1.807, 2.05) is 4.68 Å². The number of nitrogens with zero attached hydrogens (tertiary/aromatic N) is 3. The summed E-state index contributed by atoms with van der Waals surface area (Å²) in [4.78, 5) is 0. The summed E-state index contributed by atoms with van der Waals surface area (Å²) in [6.07, 6.45) is 6.06. The molecule has 15 heavy (non-hydrogen) atoms. The van der Waals surface area contributed by atoms with Gasteiger partial charge in [-0.25, -0.2) is 4.68 Å². The summed E-state index contributed by atoms with van der Waals surface area (Å²) >= 11 is 0. The topological polar surface area (TPSA) is 50.9 Å². The molecule has 0 bridgehead atoms. The largest absolute Gasteiger partial charge is 0.390 e. The van der Waals surface area contributed by atoms with Crippen LogP contribution in [0.4, 0.5) is 0 Å². The van der Waals surface area contributed by atoms with Gasteiger partial charge in [-0.05, 0) is 19.3 Å². The SMILES string of the molecule is CCCCn1nnc(CO)c1C1CCC1. The van der Waals surface area contributed by atoms with Gasteiger partial charge in [0.1, 0.15) is 5.69 Å². The number of aromatic nitrogens is 3. The normalized spacial score (nSPS) is 16.7. The molecule has 0 spiro atoms. The van der Waals surface area contributed by atoms with E-state index in [0.717, 1.165) is 18.7 Å². The lowest BCUT2D eigenvalue weighted by Crippen LogP contribution is -2.17. The molecule has 1 aromatic rings. The molecule has 1 aliphatic rings. The average molecular weight is 209 g/mol. The lowest BCUT2D eigenvalue weighted by molar-refractivity contribution is 0.271. The van der Waals surface area contributed by atoms with E-state index in [4.69, 9.17) is 0 Å². The molecule has 1 fully saturated rings. The molecule has 0 saturated heterocycles. The summed E-state index contributed by atoms with van der Waals surface area (Å²) in [7, 11) is 0. The molecule has 4 nitrogen and oxygen atoms in total. The van der Waals surface area contributed by atoms with E-state index in [1.165, 1.54) is 31.4 Å². The van der Waals surface area contributed by atoms with Crippen LogP contribution in [0.2, 0.25) is 0 Å². The Morgan fingerprint density at radius 1 is 1.47 bits per heavy atom. The second-order valence-electron chi connectivity index (χ2n) is 4.28. The first-order chi connectivity index (χ1) is 7.36. The maximum absolute atomic E-state index is 9.21. The van der Waals surface area contributed by atoms with Crippen molar-refractivity contribution < 1.29 is 5.11 Å². The first-order valence-electron chi connectivity index (χ1n) is 5.90. The van der Waals surface area contributed by atoms with Gasteiger partial charge >= 0.3 is 0 Å².